The lowest BCUT2D eigenvalue weighted by molar-refractivity contribution is 0.0935. The summed E-state index contributed by atoms with van der Waals surface area (Å²) >= 11 is 3.37. The first-order valence-electron chi connectivity index (χ1n) is 6.28. The van der Waals surface area contributed by atoms with Gasteiger partial charge in [-0.15, -0.1) is 0 Å². The Kier molecular flexibility index (Phi) is 3.02. The lowest BCUT2D eigenvalue weighted by atomic mass is 9.71. The molecule has 0 radical (unpaired) electrons. The highest BCUT2D eigenvalue weighted by Gasteiger charge is 2.49. The van der Waals surface area contributed by atoms with Gasteiger partial charge in [-0.05, 0) is 40.4 Å². The lowest BCUT2D eigenvalue weighted by Gasteiger charge is -2.41. The molecule has 1 saturated heterocycles. The van der Waals surface area contributed by atoms with E-state index in [4.69, 9.17) is 0 Å². The Bertz CT molecular complexity index is 622. The molecule has 102 valence electrons. The van der Waals surface area contributed by atoms with Gasteiger partial charge in [0.2, 0.25) is 0 Å². The molecule has 3 atom stereocenters. The Morgan fingerprint density at radius 3 is 2.60 bits per heavy atom. The molecular weight excluding hydrogens is 322 g/mol. The van der Waals surface area contributed by atoms with Gasteiger partial charge in [-0.25, -0.2) is 4.79 Å². The molecule has 2 aliphatic heterocycles. The number of rotatable bonds is 1. The first-order chi connectivity index (χ1) is 9.55. The zero-order valence-corrected chi connectivity index (χ0v) is 12.1. The number of piperidine rings is 1. The second kappa shape index (κ2) is 4.60. The van der Waals surface area contributed by atoms with Crippen molar-refractivity contribution in [3.63, 3.8) is 0 Å². The molecule has 1 aromatic heterocycles. The van der Waals surface area contributed by atoms with Crippen LogP contribution in [0, 0.1) is 11.3 Å². The minimum Gasteiger partial charge on any atom is -0.465 e. The van der Waals surface area contributed by atoms with Crippen molar-refractivity contribution in [2.75, 3.05) is 0 Å². The van der Waals surface area contributed by atoms with Crippen LogP contribution < -0.4 is 0 Å². The van der Waals surface area contributed by atoms with E-state index >= 15 is 0 Å². The van der Waals surface area contributed by atoms with Crippen LogP contribution >= 0.6 is 15.9 Å². The summed E-state index contributed by atoms with van der Waals surface area (Å²) in [7, 11) is 0. The molecule has 6 heteroatoms. The number of hydrogen-bond acceptors (Lipinski definition) is 3. The fraction of sp³-hybridized carbons (Fsp3) is 0.357. The second-order valence-corrected chi connectivity index (χ2v) is 6.12. The van der Waals surface area contributed by atoms with Gasteiger partial charge in [0.15, 0.2) is 0 Å². The number of nitrogens with zero attached hydrogens (tertiary/aromatic N) is 3. The Hall–Kier alpha value is -1.87. The smallest absolute Gasteiger partial charge is 0.408 e. The average molecular weight is 334 g/mol. The summed E-state index contributed by atoms with van der Waals surface area (Å²) in [5.41, 5.74) is 0.166. The summed E-state index contributed by atoms with van der Waals surface area (Å²) in [5.74, 6) is 0. The van der Waals surface area contributed by atoms with E-state index in [2.05, 4.69) is 27.0 Å². The number of aromatic nitrogens is 1. The first kappa shape index (κ1) is 13.1. The van der Waals surface area contributed by atoms with Gasteiger partial charge in [0.05, 0.1) is 23.6 Å². The Morgan fingerprint density at radius 2 is 2.10 bits per heavy atom. The number of halogens is 1. The van der Waals surface area contributed by atoms with Gasteiger partial charge in [-0.3, -0.25) is 9.88 Å². The average Bonchev–Trinajstić information content (AvgIpc) is 2.71. The predicted molar refractivity (Wildman–Crippen MR) is 75.0 cm³/mol. The van der Waals surface area contributed by atoms with Crippen LogP contribution in [0.2, 0.25) is 0 Å². The van der Waals surface area contributed by atoms with Gasteiger partial charge < -0.3 is 5.11 Å². The molecule has 1 amide bonds. The summed E-state index contributed by atoms with van der Waals surface area (Å²) in [6.07, 6.45) is 7.18. The van der Waals surface area contributed by atoms with Crippen LogP contribution in [0.4, 0.5) is 4.79 Å². The molecule has 2 aliphatic rings. The lowest BCUT2D eigenvalue weighted by Crippen LogP contribution is -2.51. The first-order valence-corrected chi connectivity index (χ1v) is 7.07. The molecule has 1 unspecified atom stereocenters. The van der Waals surface area contributed by atoms with E-state index in [-0.39, 0.29) is 12.1 Å². The molecule has 2 bridgehead atoms. The molecule has 3 rings (SSSR count). The summed E-state index contributed by atoms with van der Waals surface area (Å²) in [4.78, 5) is 16.8. The number of amides is 1. The van der Waals surface area contributed by atoms with Crippen molar-refractivity contribution in [3.8, 4) is 6.07 Å². The Balaban J connectivity index is 1.99. The van der Waals surface area contributed by atoms with Crippen molar-refractivity contribution < 1.29 is 9.90 Å². The molecule has 0 saturated carbocycles. The number of pyridine rings is 1. The van der Waals surface area contributed by atoms with Crippen molar-refractivity contribution in [1.29, 1.82) is 5.26 Å². The number of fused-ring (bicyclic) bond motifs is 2. The Labute approximate surface area is 124 Å². The quantitative estimate of drug-likeness (QED) is 0.801. The van der Waals surface area contributed by atoms with Crippen molar-refractivity contribution in [3.05, 3.63) is 40.6 Å². The highest BCUT2D eigenvalue weighted by atomic mass is 79.9. The third-order valence-corrected chi connectivity index (χ3v) is 4.51. The van der Waals surface area contributed by atoms with Crippen LogP contribution in [0.15, 0.2) is 35.1 Å². The number of hydrogen-bond donors (Lipinski definition) is 1. The van der Waals surface area contributed by atoms with E-state index in [1.807, 2.05) is 18.2 Å². The fourth-order valence-corrected chi connectivity index (χ4v) is 3.53. The Morgan fingerprint density at radius 1 is 1.45 bits per heavy atom. The van der Waals surface area contributed by atoms with Crippen molar-refractivity contribution in [2.45, 2.75) is 30.3 Å². The molecule has 1 fully saturated rings. The van der Waals surface area contributed by atoms with E-state index in [1.54, 1.807) is 12.4 Å². The number of carbonyl (C=O) groups is 1. The summed E-state index contributed by atoms with van der Waals surface area (Å²) in [5, 5.41) is 18.9. The van der Waals surface area contributed by atoms with E-state index in [9.17, 15) is 15.2 Å². The zero-order valence-electron chi connectivity index (χ0n) is 10.5. The summed E-state index contributed by atoms with van der Waals surface area (Å²) < 4.78 is 0.825. The third-order valence-electron chi connectivity index (χ3n) is 4.08. The molecule has 1 N–H and O–H groups in total. The minimum absolute atomic E-state index is 0.232. The fourth-order valence-electron chi connectivity index (χ4n) is 3.17. The predicted octanol–water partition coefficient (Wildman–Crippen LogP) is 2.69. The maximum absolute atomic E-state index is 11.3. The monoisotopic (exact) mass is 333 g/mol. The molecule has 1 aromatic rings. The van der Waals surface area contributed by atoms with Gasteiger partial charge in [0.1, 0.15) is 0 Å². The van der Waals surface area contributed by atoms with Gasteiger partial charge in [0, 0.05) is 16.9 Å². The zero-order chi connectivity index (χ0) is 14.3. The third kappa shape index (κ3) is 1.90. The van der Waals surface area contributed by atoms with Gasteiger partial charge in [-0.1, -0.05) is 12.2 Å². The van der Waals surface area contributed by atoms with Gasteiger partial charge >= 0.3 is 6.09 Å². The molecular formula is C14H12BrN3O2. The van der Waals surface area contributed by atoms with Gasteiger partial charge in [-0.2, -0.15) is 5.26 Å². The van der Waals surface area contributed by atoms with E-state index in [0.717, 1.165) is 10.0 Å². The van der Waals surface area contributed by atoms with Crippen molar-refractivity contribution >= 4 is 22.0 Å². The molecule has 0 aliphatic carbocycles. The highest BCUT2D eigenvalue weighted by molar-refractivity contribution is 9.10. The summed E-state index contributed by atoms with van der Waals surface area (Å²) in [6.45, 7) is 0. The van der Waals surface area contributed by atoms with Crippen LogP contribution in [-0.4, -0.2) is 33.2 Å². The molecule has 0 aromatic carbocycles. The SMILES string of the molecule is N#CC1(c2cncc(Br)c2)C[C@H]2C=C[C@@H](C1)N2C(=O)O. The van der Waals surface area contributed by atoms with Crippen LogP contribution in [0.25, 0.3) is 0 Å². The number of carboxylic acid groups (broad SMARTS) is 1. The largest absolute Gasteiger partial charge is 0.465 e. The molecule has 0 spiro atoms. The van der Waals surface area contributed by atoms with E-state index in [1.165, 1.54) is 4.90 Å². The minimum atomic E-state index is -0.927. The van der Waals surface area contributed by atoms with Crippen molar-refractivity contribution in [1.82, 2.24) is 9.88 Å². The van der Waals surface area contributed by atoms with Crippen LogP contribution in [0.1, 0.15) is 18.4 Å². The van der Waals surface area contributed by atoms with E-state index in [0.29, 0.717) is 12.8 Å². The van der Waals surface area contributed by atoms with Crippen LogP contribution in [-0.2, 0) is 5.41 Å². The topological polar surface area (TPSA) is 77.2 Å². The molecule has 20 heavy (non-hydrogen) atoms. The van der Waals surface area contributed by atoms with E-state index < -0.39 is 11.5 Å². The van der Waals surface area contributed by atoms with Gasteiger partial charge in [0.25, 0.3) is 0 Å². The second-order valence-electron chi connectivity index (χ2n) is 5.20. The molecule has 5 nitrogen and oxygen atoms in total. The normalized spacial score (nSPS) is 31.1. The van der Waals surface area contributed by atoms with Crippen LogP contribution in [0.3, 0.4) is 0 Å². The standard InChI is InChI=1S/C14H12BrN3O2/c15-10-3-9(6-17-7-10)14(8-16)4-11-1-2-12(5-14)18(11)13(19)20/h1-3,6-7,11-12H,4-5H2,(H,19,20)/t11-,12+,14?. The van der Waals surface area contributed by atoms with Crippen LogP contribution in [0.5, 0.6) is 0 Å². The highest BCUT2D eigenvalue weighted by Crippen LogP contribution is 2.44. The molecule has 3 heterocycles. The maximum Gasteiger partial charge on any atom is 0.408 e. The van der Waals surface area contributed by atoms with Crippen molar-refractivity contribution in [2.24, 2.45) is 0 Å². The number of nitriles is 1. The summed E-state index contributed by atoms with van der Waals surface area (Å²) in [6, 6.07) is 3.83. The maximum atomic E-state index is 11.3.